The molecule has 0 atom stereocenters. The van der Waals surface area contributed by atoms with Crippen LogP contribution in [-0.2, 0) is 4.79 Å². The summed E-state index contributed by atoms with van der Waals surface area (Å²) in [5, 5.41) is 5.13. The van der Waals surface area contributed by atoms with Gasteiger partial charge in [-0.2, -0.15) is 9.89 Å². The minimum atomic E-state index is 0.688. The standard InChI is InChI=1S/C5H7N3O/c1-7(5-9)8-4-2-3-6-8/h2-5H,1H3. The lowest BCUT2D eigenvalue weighted by molar-refractivity contribution is -0.108. The van der Waals surface area contributed by atoms with Crippen molar-refractivity contribution in [3.8, 4) is 0 Å². The molecule has 4 nitrogen and oxygen atoms in total. The normalized spacial score (nSPS) is 9.00. The van der Waals surface area contributed by atoms with Crippen molar-refractivity contribution in [3.63, 3.8) is 0 Å². The van der Waals surface area contributed by atoms with E-state index in [9.17, 15) is 4.79 Å². The second-order valence-electron chi connectivity index (χ2n) is 1.61. The third kappa shape index (κ3) is 1.07. The van der Waals surface area contributed by atoms with Gasteiger partial charge in [-0.25, -0.2) is 5.01 Å². The average Bonchev–Trinajstić information content (AvgIpc) is 2.37. The van der Waals surface area contributed by atoms with Crippen LogP contribution in [0.15, 0.2) is 18.5 Å². The highest BCUT2D eigenvalue weighted by atomic mass is 16.1. The molecule has 9 heavy (non-hydrogen) atoms. The molecule has 0 radical (unpaired) electrons. The first-order valence-corrected chi connectivity index (χ1v) is 2.52. The summed E-state index contributed by atoms with van der Waals surface area (Å²) in [5.74, 6) is 0. The van der Waals surface area contributed by atoms with Gasteiger partial charge in [-0.15, -0.1) is 0 Å². The van der Waals surface area contributed by atoms with E-state index in [1.807, 2.05) is 0 Å². The highest BCUT2D eigenvalue weighted by Gasteiger charge is 1.91. The van der Waals surface area contributed by atoms with E-state index in [1.54, 1.807) is 25.5 Å². The molecule has 1 amide bonds. The Kier molecular flexibility index (Phi) is 1.48. The van der Waals surface area contributed by atoms with Crippen LogP contribution in [0.1, 0.15) is 0 Å². The Labute approximate surface area is 52.7 Å². The minimum Gasteiger partial charge on any atom is -0.277 e. The lowest BCUT2D eigenvalue weighted by atomic mass is 10.8. The zero-order valence-electron chi connectivity index (χ0n) is 5.06. The SMILES string of the molecule is CN(C=O)n1cccn1. The molecule has 0 spiro atoms. The van der Waals surface area contributed by atoms with Gasteiger partial charge in [0, 0.05) is 13.2 Å². The summed E-state index contributed by atoms with van der Waals surface area (Å²) < 4.78 is 0. The maximum Gasteiger partial charge on any atom is 0.229 e. The van der Waals surface area contributed by atoms with Gasteiger partial charge in [-0.3, -0.25) is 4.79 Å². The molecule has 1 aromatic rings. The van der Waals surface area contributed by atoms with Crippen molar-refractivity contribution in [1.82, 2.24) is 9.89 Å². The third-order valence-electron chi connectivity index (χ3n) is 0.966. The van der Waals surface area contributed by atoms with Gasteiger partial charge >= 0.3 is 0 Å². The summed E-state index contributed by atoms with van der Waals surface area (Å²) in [5.41, 5.74) is 0. The Balaban J connectivity index is 2.76. The van der Waals surface area contributed by atoms with Crippen LogP contribution in [0.2, 0.25) is 0 Å². The topological polar surface area (TPSA) is 38.1 Å². The highest BCUT2D eigenvalue weighted by molar-refractivity contribution is 5.59. The van der Waals surface area contributed by atoms with Crippen molar-refractivity contribution in [1.29, 1.82) is 0 Å². The molecule has 0 aromatic carbocycles. The van der Waals surface area contributed by atoms with Gasteiger partial charge in [0.2, 0.25) is 6.41 Å². The number of carbonyl (C=O) groups is 1. The Morgan fingerprint density at radius 3 is 3.00 bits per heavy atom. The molecular weight excluding hydrogens is 118 g/mol. The lowest BCUT2D eigenvalue weighted by Gasteiger charge is -2.07. The minimum absolute atomic E-state index is 0.688. The molecule has 0 unspecified atom stereocenters. The van der Waals surface area contributed by atoms with Crippen molar-refractivity contribution >= 4 is 6.41 Å². The molecule has 0 fully saturated rings. The molecular formula is C5H7N3O. The van der Waals surface area contributed by atoms with E-state index in [2.05, 4.69) is 5.10 Å². The molecule has 0 bridgehead atoms. The molecule has 0 aliphatic heterocycles. The van der Waals surface area contributed by atoms with E-state index in [0.29, 0.717) is 6.41 Å². The molecule has 48 valence electrons. The zero-order chi connectivity index (χ0) is 6.69. The fourth-order valence-electron chi connectivity index (χ4n) is 0.496. The van der Waals surface area contributed by atoms with Crippen LogP contribution in [0.3, 0.4) is 0 Å². The highest BCUT2D eigenvalue weighted by Crippen LogP contribution is 1.80. The van der Waals surface area contributed by atoms with Crippen molar-refractivity contribution in [2.45, 2.75) is 0 Å². The smallest absolute Gasteiger partial charge is 0.229 e. The van der Waals surface area contributed by atoms with E-state index in [0.717, 1.165) is 0 Å². The largest absolute Gasteiger partial charge is 0.277 e. The first kappa shape index (κ1) is 5.81. The summed E-state index contributed by atoms with van der Waals surface area (Å²) in [4.78, 5) is 11.5. The van der Waals surface area contributed by atoms with Gasteiger partial charge in [-0.05, 0) is 6.07 Å². The summed E-state index contributed by atoms with van der Waals surface area (Å²) in [7, 11) is 1.62. The second kappa shape index (κ2) is 2.30. The first-order chi connectivity index (χ1) is 4.34. The van der Waals surface area contributed by atoms with E-state index < -0.39 is 0 Å². The van der Waals surface area contributed by atoms with Crippen LogP contribution in [0, 0.1) is 0 Å². The van der Waals surface area contributed by atoms with Crippen molar-refractivity contribution < 1.29 is 4.79 Å². The Bertz CT molecular complexity index is 182. The van der Waals surface area contributed by atoms with Gasteiger partial charge in [0.05, 0.1) is 6.20 Å². The van der Waals surface area contributed by atoms with E-state index in [4.69, 9.17) is 0 Å². The zero-order valence-corrected chi connectivity index (χ0v) is 5.06. The molecule has 0 saturated heterocycles. The summed E-state index contributed by atoms with van der Waals surface area (Å²) in [6.45, 7) is 0. The summed E-state index contributed by atoms with van der Waals surface area (Å²) >= 11 is 0. The van der Waals surface area contributed by atoms with Gasteiger partial charge in [0.25, 0.3) is 0 Å². The molecule has 0 aliphatic carbocycles. The van der Waals surface area contributed by atoms with E-state index in [1.165, 1.54) is 9.80 Å². The third-order valence-corrected chi connectivity index (χ3v) is 0.966. The fraction of sp³-hybridized carbons (Fsp3) is 0.200. The van der Waals surface area contributed by atoms with Crippen LogP contribution < -0.4 is 5.01 Å². The van der Waals surface area contributed by atoms with Crippen molar-refractivity contribution in [2.24, 2.45) is 0 Å². The van der Waals surface area contributed by atoms with Crippen LogP contribution in [0.25, 0.3) is 0 Å². The molecule has 4 heteroatoms. The molecule has 0 saturated carbocycles. The van der Waals surface area contributed by atoms with Crippen LogP contribution in [0.5, 0.6) is 0 Å². The summed E-state index contributed by atoms with van der Waals surface area (Å²) in [6.07, 6.45) is 3.99. The first-order valence-electron chi connectivity index (χ1n) is 2.52. The monoisotopic (exact) mass is 125 g/mol. The number of nitrogens with zero attached hydrogens (tertiary/aromatic N) is 3. The Morgan fingerprint density at radius 1 is 1.78 bits per heavy atom. The molecule has 1 aromatic heterocycles. The number of amides is 1. The summed E-state index contributed by atoms with van der Waals surface area (Å²) in [6, 6.07) is 1.75. The predicted molar refractivity (Wildman–Crippen MR) is 32.4 cm³/mol. The average molecular weight is 125 g/mol. The number of carbonyl (C=O) groups excluding carboxylic acids is 1. The number of rotatable bonds is 2. The van der Waals surface area contributed by atoms with E-state index in [-0.39, 0.29) is 0 Å². The van der Waals surface area contributed by atoms with Crippen LogP contribution >= 0.6 is 0 Å². The number of aromatic nitrogens is 2. The second-order valence-corrected chi connectivity index (χ2v) is 1.61. The fourth-order valence-corrected chi connectivity index (χ4v) is 0.496. The lowest BCUT2D eigenvalue weighted by Crippen LogP contribution is -2.28. The number of hydrogen-bond donors (Lipinski definition) is 0. The Morgan fingerprint density at radius 2 is 2.56 bits per heavy atom. The predicted octanol–water partition coefficient (Wildman–Crippen LogP) is -0.393. The molecule has 0 N–H and O–H groups in total. The van der Waals surface area contributed by atoms with Gasteiger partial charge in [0.15, 0.2) is 0 Å². The van der Waals surface area contributed by atoms with Crippen LogP contribution in [-0.4, -0.2) is 23.3 Å². The van der Waals surface area contributed by atoms with Crippen LogP contribution in [0.4, 0.5) is 0 Å². The Hall–Kier alpha value is -1.32. The van der Waals surface area contributed by atoms with Crippen molar-refractivity contribution in [2.75, 3.05) is 12.1 Å². The van der Waals surface area contributed by atoms with E-state index >= 15 is 0 Å². The molecule has 1 heterocycles. The van der Waals surface area contributed by atoms with Gasteiger partial charge in [0.1, 0.15) is 0 Å². The maximum absolute atomic E-state index is 10.1. The maximum atomic E-state index is 10.1. The number of hydrogen-bond acceptors (Lipinski definition) is 2. The van der Waals surface area contributed by atoms with Gasteiger partial charge < -0.3 is 0 Å². The molecule has 0 aliphatic rings. The van der Waals surface area contributed by atoms with Gasteiger partial charge in [-0.1, -0.05) is 0 Å². The van der Waals surface area contributed by atoms with Crippen molar-refractivity contribution in [3.05, 3.63) is 18.5 Å². The quantitative estimate of drug-likeness (QED) is 0.505. The molecule has 1 rings (SSSR count).